The normalized spacial score (nSPS) is 34.3. The number of hydrogen-bond donors (Lipinski definition) is 1. The first-order chi connectivity index (χ1) is 13.7. The van der Waals surface area contributed by atoms with E-state index in [-0.39, 0.29) is 35.9 Å². The van der Waals surface area contributed by atoms with E-state index in [0.717, 1.165) is 19.3 Å². The lowest BCUT2D eigenvalue weighted by Gasteiger charge is -2.30. The Morgan fingerprint density at radius 2 is 2.00 bits per heavy atom. The summed E-state index contributed by atoms with van der Waals surface area (Å²) in [7, 11) is 3.71. The first-order valence-electron chi connectivity index (χ1n) is 10.8. The molecule has 0 aromatic heterocycles. The van der Waals surface area contributed by atoms with E-state index in [9.17, 15) is 14.7 Å². The number of cyclic esters (lactones) is 1. The van der Waals surface area contributed by atoms with Gasteiger partial charge in [-0.25, -0.2) is 4.79 Å². The van der Waals surface area contributed by atoms with E-state index in [1.54, 1.807) is 6.08 Å². The SMILES string of the molecule is CC(C)[C@@H](C(=O)O[C@@H]1/C=C/C(=O)O[C@@H](C)CCC/C=C/[C@@H]2C[C@H](O)C[C@H]21)N(C)C. The molecule has 6 nitrogen and oxygen atoms in total. The van der Waals surface area contributed by atoms with Gasteiger partial charge in [-0.2, -0.15) is 0 Å². The molecule has 6 atom stereocenters. The van der Waals surface area contributed by atoms with Crippen molar-refractivity contribution in [3.8, 4) is 0 Å². The van der Waals surface area contributed by atoms with Crippen LogP contribution in [-0.2, 0) is 19.1 Å². The number of fused-ring (bicyclic) bond motifs is 1. The molecule has 1 aliphatic heterocycles. The van der Waals surface area contributed by atoms with Gasteiger partial charge in [0.25, 0.3) is 0 Å². The minimum atomic E-state index is -0.584. The number of aliphatic hydroxyl groups excluding tert-OH is 1. The zero-order valence-corrected chi connectivity index (χ0v) is 18.4. The van der Waals surface area contributed by atoms with E-state index >= 15 is 0 Å². The van der Waals surface area contributed by atoms with Crippen LogP contribution in [0, 0.1) is 17.8 Å². The molecular weight excluding hydrogens is 370 g/mol. The maximum absolute atomic E-state index is 12.9. The van der Waals surface area contributed by atoms with Gasteiger partial charge in [-0.05, 0) is 71.0 Å². The van der Waals surface area contributed by atoms with Crippen LogP contribution in [0.1, 0.15) is 52.9 Å². The van der Waals surface area contributed by atoms with Gasteiger partial charge < -0.3 is 14.6 Å². The van der Waals surface area contributed by atoms with Crippen LogP contribution in [-0.4, -0.2) is 60.4 Å². The zero-order valence-electron chi connectivity index (χ0n) is 18.4. The van der Waals surface area contributed by atoms with E-state index in [0.29, 0.717) is 12.8 Å². The van der Waals surface area contributed by atoms with Gasteiger partial charge in [0.05, 0.1) is 12.2 Å². The van der Waals surface area contributed by atoms with Crippen LogP contribution in [0.3, 0.4) is 0 Å². The first kappa shape index (κ1) is 23.6. The van der Waals surface area contributed by atoms with Crippen molar-refractivity contribution in [2.75, 3.05) is 14.1 Å². The number of ether oxygens (including phenoxy) is 2. The Bertz CT molecular complexity index is 604. The van der Waals surface area contributed by atoms with Crippen molar-refractivity contribution in [3.05, 3.63) is 24.3 Å². The molecule has 1 N–H and O–H groups in total. The molecule has 0 amide bonds. The zero-order chi connectivity index (χ0) is 21.6. The van der Waals surface area contributed by atoms with Crippen molar-refractivity contribution in [1.82, 2.24) is 4.90 Å². The fraction of sp³-hybridized carbons (Fsp3) is 0.739. The lowest BCUT2D eigenvalue weighted by Crippen LogP contribution is -2.43. The van der Waals surface area contributed by atoms with E-state index in [4.69, 9.17) is 9.47 Å². The molecular formula is C23H37NO5. The van der Waals surface area contributed by atoms with E-state index < -0.39 is 18.2 Å². The molecule has 0 unspecified atom stereocenters. The summed E-state index contributed by atoms with van der Waals surface area (Å²) in [4.78, 5) is 27.0. The number of allylic oxidation sites excluding steroid dienone is 2. The van der Waals surface area contributed by atoms with Gasteiger partial charge >= 0.3 is 11.9 Å². The number of carbonyl (C=O) groups is 2. The molecule has 2 aliphatic rings. The van der Waals surface area contributed by atoms with Crippen LogP contribution < -0.4 is 0 Å². The molecule has 0 spiro atoms. The number of carbonyl (C=O) groups excluding carboxylic acids is 2. The maximum atomic E-state index is 12.9. The monoisotopic (exact) mass is 407 g/mol. The summed E-state index contributed by atoms with van der Waals surface area (Å²) in [6.07, 6.45) is 9.95. The van der Waals surface area contributed by atoms with Gasteiger partial charge in [0.15, 0.2) is 0 Å². The van der Waals surface area contributed by atoms with Gasteiger partial charge in [0, 0.05) is 12.0 Å². The van der Waals surface area contributed by atoms with Crippen molar-refractivity contribution < 1.29 is 24.2 Å². The fourth-order valence-corrected chi connectivity index (χ4v) is 4.49. The second kappa shape index (κ2) is 10.9. The number of rotatable bonds is 4. The highest BCUT2D eigenvalue weighted by Crippen LogP contribution is 2.37. The van der Waals surface area contributed by atoms with Gasteiger partial charge in [0.1, 0.15) is 12.1 Å². The molecule has 29 heavy (non-hydrogen) atoms. The number of esters is 2. The van der Waals surface area contributed by atoms with Crippen LogP contribution in [0.4, 0.5) is 0 Å². The molecule has 0 aromatic carbocycles. The quantitative estimate of drug-likeness (QED) is 0.570. The molecule has 1 fully saturated rings. The predicted molar refractivity (Wildman–Crippen MR) is 112 cm³/mol. The van der Waals surface area contributed by atoms with Crippen molar-refractivity contribution in [1.29, 1.82) is 0 Å². The molecule has 0 aromatic rings. The van der Waals surface area contributed by atoms with E-state index in [2.05, 4.69) is 12.2 Å². The minimum absolute atomic E-state index is 0.0672. The Balaban J connectivity index is 2.28. The Kier molecular flexibility index (Phi) is 8.90. The number of likely N-dealkylation sites (N-methyl/N-ethyl adjacent to an activating group) is 1. The highest BCUT2D eigenvalue weighted by molar-refractivity contribution is 5.82. The lowest BCUT2D eigenvalue weighted by atomic mass is 9.89. The largest absolute Gasteiger partial charge is 0.460 e. The van der Waals surface area contributed by atoms with Crippen LogP contribution >= 0.6 is 0 Å². The van der Waals surface area contributed by atoms with Gasteiger partial charge in [-0.15, -0.1) is 0 Å². The van der Waals surface area contributed by atoms with Gasteiger partial charge in [0.2, 0.25) is 0 Å². The summed E-state index contributed by atoms with van der Waals surface area (Å²) >= 11 is 0. The van der Waals surface area contributed by atoms with Crippen molar-refractivity contribution in [2.24, 2.45) is 17.8 Å². The standard InChI is InChI=1S/C23H37NO5/c1-15(2)22(24(4)5)23(27)29-20-11-12-21(26)28-16(3)9-7-6-8-10-17-13-18(25)14-19(17)20/h8,10-12,15-20,22,25H,6-7,9,13-14H2,1-5H3/b10-8+,12-11+/t16-,17+,18-,19+,20+,22-/m0/s1. The third-order valence-electron chi connectivity index (χ3n) is 5.85. The van der Waals surface area contributed by atoms with E-state index in [1.807, 2.05) is 39.8 Å². The second-order valence-electron chi connectivity index (χ2n) is 8.97. The molecule has 1 heterocycles. The number of hydrogen-bond acceptors (Lipinski definition) is 6. The average molecular weight is 408 g/mol. The topological polar surface area (TPSA) is 76.1 Å². The van der Waals surface area contributed by atoms with Crippen molar-refractivity contribution >= 4 is 11.9 Å². The number of aliphatic hydroxyl groups is 1. The molecule has 1 aliphatic carbocycles. The second-order valence-corrected chi connectivity index (χ2v) is 8.97. The maximum Gasteiger partial charge on any atom is 0.330 e. The predicted octanol–water partition coefficient (Wildman–Crippen LogP) is 3.10. The molecule has 0 radical (unpaired) electrons. The lowest BCUT2D eigenvalue weighted by molar-refractivity contribution is -0.157. The smallest absolute Gasteiger partial charge is 0.330 e. The first-order valence-corrected chi connectivity index (χ1v) is 10.8. The Labute approximate surface area is 174 Å². The van der Waals surface area contributed by atoms with Gasteiger partial charge in [-0.3, -0.25) is 9.69 Å². The summed E-state index contributed by atoms with van der Waals surface area (Å²) in [5, 5.41) is 10.3. The Morgan fingerprint density at radius 3 is 2.66 bits per heavy atom. The van der Waals surface area contributed by atoms with Crippen LogP contribution in [0.25, 0.3) is 0 Å². The summed E-state index contributed by atoms with van der Waals surface area (Å²) in [6, 6.07) is -0.375. The summed E-state index contributed by atoms with van der Waals surface area (Å²) in [5.41, 5.74) is 0. The fourth-order valence-electron chi connectivity index (χ4n) is 4.49. The Hall–Kier alpha value is -1.66. The molecule has 164 valence electrons. The van der Waals surface area contributed by atoms with Crippen LogP contribution in [0.15, 0.2) is 24.3 Å². The molecule has 2 rings (SSSR count). The minimum Gasteiger partial charge on any atom is -0.460 e. The molecule has 0 saturated heterocycles. The summed E-state index contributed by atoms with van der Waals surface area (Å²) in [5.74, 6) is -0.600. The average Bonchev–Trinajstić information content (AvgIpc) is 2.97. The summed E-state index contributed by atoms with van der Waals surface area (Å²) in [6.45, 7) is 5.85. The van der Waals surface area contributed by atoms with Crippen LogP contribution in [0.2, 0.25) is 0 Å². The molecule has 0 bridgehead atoms. The van der Waals surface area contributed by atoms with Crippen molar-refractivity contribution in [3.63, 3.8) is 0 Å². The summed E-state index contributed by atoms with van der Waals surface area (Å²) < 4.78 is 11.4. The highest BCUT2D eigenvalue weighted by Gasteiger charge is 2.39. The van der Waals surface area contributed by atoms with Crippen molar-refractivity contribution in [2.45, 2.75) is 77.2 Å². The van der Waals surface area contributed by atoms with Gasteiger partial charge in [-0.1, -0.05) is 26.0 Å². The molecule has 6 heteroatoms. The Morgan fingerprint density at radius 1 is 1.28 bits per heavy atom. The highest BCUT2D eigenvalue weighted by atomic mass is 16.5. The van der Waals surface area contributed by atoms with Crippen LogP contribution in [0.5, 0.6) is 0 Å². The third-order valence-corrected chi connectivity index (χ3v) is 5.85. The third kappa shape index (κ3) is 6.96. The van der Waals surface area contributed by atoms with E-state index in [1.165, 1.54) is 6.08 Å². The number of nitrogens with zero attached hydrogens (tertiary/aromatic N) is 1. The molecule has 1 saturated carbocycles.